The number of rotatable bonds is 4. The predicted molar refractivity (Wildman–Crippen MR) is 95.2 cm³/mol. The second kappa shape index (κ2) is 7.07. The van der Waals surface area contributed by atoms with Crippen molar-refractivity contribution in [1.29, 1.82) is 0 Å². The zero-order valence-electron chi connectivity index (χ0n) is 13.7. The zero-order valence-corrected chi connectivity index (χ0v) is 14.6. The highest BCUT2D eigenvalue weighted by atomic mass is 32.2. The van der Waals surface area contributed by atoms with E-state index in [1.54, 1.807) is 11.8 Å². The van der Waals surface area contributed by atoms with E-state index in [9.17, 15) is 4.79 Å². The second-order valence-electron chi connectivity index (χ2n) is 6.50. The molecule has 24 heavy (non-hydrogen) atoms. The van der Waals surface area contributed by atoms with Gasteiger partial charge in [0, 0.05) is 50.6 Å². The number of nitrogens with zero attached hydrogens (tertiary/aromatic N) is 2. The minimum Gasteiger partial charge on any atom is -0.460 e. The summed E-state index contributed by atoms with van der Waals surface area (Å²) in [6, 6.07) is 8.70. The maximum atomic E-state index is 11.8. The molecule has 5 nitrogen and oxygen atoms in total. The summed E-state index contributed by atoms with van der Waals surface area (Å²) in [5, 5.41) is 5.03. The highest BCUT2D eigenvalue weighted by molar-refractivity contribution is 8.02. The molecule has 0 spiro atoms. The van der Waals surface area contributed by atoms with Crippen molar-refractivity contribution in [2.45, 2.75) is 30.2 Å². The number of piperidine rings is 1. The molecule has 128 valence electrons. The lowest BCUT2D eigenvalue weighted by atomic mass is 10.0. The third-order valence-electron chi connectivity index (χ3n) is 4.97. The number of nitrogens with one attached hydrogen (secondary N) is 1. The van der Waals surface area contributed by atoms with Crippen LogP contribution in [0.3, 0.4) is 0 Å². The highest BCUT2D eigenvalue weighted by Crippen LogP contribution is 2.36. The number of thioether (sulfide) groups is 1. The van der Waals surface area contributed by atoms with Gasteiger partial charge in [-0.05, 0) is 25.0 Å². The summed E-state index contributed by atoms with van der Waals surface area (Å²) in [4.78, 5) is 17.4. The smallest absolute Gasteiger partial charge is 0.317 e. The molecular formula is C18H23N3O2S. The number of amides is 2. The van der Waals surface area contributed by atoms with Crippen LogP contribution in [0.4, 0.5) is 4.79 Å². The van der Waals surface area contributed by atoms with Crippen molar-refractivity contribution in [3.8, 4) is 5.75 Å². The molecule has 1 N–H and O–H groups in total. The molecule has 4 rings (SSSR count). The standard InChI is InChI=1S/C18H23N3O2S/c22-18-19-8-12-21(18)14-5-9-20(10-6-14)11-7-15-13-24-17-4-2-1-3-16(17)23-15/h1-4,13-14H,5-12H2,(H,19,22). The first-order valence-electron chi connectivity index (χ1n) is 8.69. The average Bonchev–Trinajstić information content (AvgIpc) is 3.06. The Hall–Kier alpha value is -1.66. The first-order chi connectivity index (χ1) is 11.8. The minimum absolute atomic E-state index is 0.116. The van der Waals surface area contributed by atoms with Gasteiger partial charge in [-0.3, -0.25) is 0 Å². The van der Waals surface area contributed by atoms with Crippen molar-refractivity contribution < 1.29 is 9.53 Å². The van der Waals surface area contributed by atoms with E-state index < -0.39 is 0 Å². The number of ether oxygens (including phenoxy) is 1. The van der Waals surface area contributed by atoms with Crippen LogP contribution in [0.5, 0.6) is 5.75 Å². The topological polar surface area (TPSA) is 44.8 Å². The molecule has 3 heterocycles. The van der Waals surface area contributed by atoms with E-state index in [1.807, 2.05) is 23.1 Å². The van der Waals surface area contributed by atoms with Crippen LogP contribution in [0.15, 0.2) is 40.3 Å². The van der Waals surface area contributed by atoms with Crippen LogP contribution in [0.25, 0.3) is 0 Å². The number of fused-ring (bicyclic) bond motifs is 1. The Morgan fingerprint density at radius 1 is 1.21 bits per heavy atom. The normalized spacial score (nSPS) is 21.9. The molecule has 1 aromatic rings. The fourth-order valence-electron chi connectivity index (χ4n) is 3.59. The molecule has 0 bridgehead atoms. The molecule has 2 amide bonds. The van der Waals surface area contributed by atoms with Gasteiger partial charge >= 0.3 is 6.03 Å². The van der Waals surface area contributed by atoms with Crippen molar-refractivity contribution in [1.82, 2.24) is 15.1 Å². The molecule has 3 aliphatic heterocycles. The van der Waals surface area contributed by atoms with Crippen LogP contribution in [-0.2, 0) is 0 Å². The molecule has 0 aromatic heterocycles. The van der Waals surface area contributed by atoms with Gasteiger partial charge in [0.1, 0.15) is 11.5 Å². The fourth-order valence-corrected chi connectivity index (χ4v) is 4.40. The Balaban J connectivity index is 1.24. The van der Waals surface area contributed by atoms with Gasteiger partial charge in [-0.1, -0.05) is 23.9 Å². The number of hydrogen-bond acceptors (Lipinski definition) is 4. The molecule has 0 atom stereocenters. The Kier molecular flexibility index (Phi) is 4.67. The highest BCUT2D eigenvalue weighted by Gasteiger charge is 2.30. The van der Waals surface area contributed by atoms with E-state index >= 15 is 0 Å². The van der Waals surface area contributed by atoms with E-state index in [1.165, 1.54) is 4.90 Å². The van der Waals surface area contributed by atoms with E-state index in [2.05, 4.69) is 21.7 Å². The van der Waals surface area contributed by atoms with Crippen molar-refractivity contribution >= 4 is 17.8 Å². The first-order valence-corrected chi connectivity index (χ1v) is 9.57. The van der Waals surface area contributed by atoms with E-state index in [4.69, 9.17) is 4.74 Å². The largest absolute Gasteiger partial charge is 0.460 e. The number of para-hydroxylation sites is 1. The van der Waals surface area contributed by atoms with E-state index in [0.717, 1.165) is 63.5 Å². The number of carbonyl (C=O) groups is 1. The summed E-state index contributed by atoms with van der Waals surface area (Å²) in [5.41, 5.74) is 0. The zero-order chi connectivity index (χ0) is 16.4. The van der Waals surface area contributed by atoms with Crippen LogP contribution >= 0.6 is 11.8 Å². The number of benzene rings is 1. The van der Waals surface area contributed by atoms with Gasteiger partial charge in [0.2, 0.25) is 0 Å². The van der Waals surface area contributed by atoms with Gasteiger partial charge in [0.05, 0.1) is 4.90 Å². The molecule has 0 unspecified atom stereocenters. The Bertz CT molecular complexity index is 641. The summed E-state index contributed by atoms with van der Waals surface area (Å²) in [6.07, 6.45) is 3.09. The van der Waals surface area contributed by atoms with Crippen molar-refractivity contribution in [3.05, 3.63) is 35.4 Å². The summed E-state index contributed by atoms with van der Waals surface area (Å²) >= 11 is 1.74. The van der Waals surface area contributed by atoms with Crippen LogP contribution in [0, 0.1) is 0 Å². The molecular weight excluding hydrogens is 322 g/mol. The Morgan fingerprint density at radius 2 is 2.04 bits per heavy atom. The maximum Gasteiger partial charge on any atom is 0.317 e. The average molecular weight is 345 g/mol. The van der Waals surface area contributed by atoms with Gasteiger partial charge < -0.3 is 19.9 Å². The van der Waals surface area contributed by atoms with Crippen LogP contribution in [0.2, 0.25) is 0 Å². The Morgan fingerprint density at radius 3 is 2.83 bits per heavy atom. The third-order valence-corrected chi connectivity index (χ3v) is 5.94. The number of urea groups is 1. The van der Waals surface area contributed by atoms with Gasteiger partial charge in [-0.15, -0.1) is 0 Å². The lowest BCUT2D eigenvalue weighted by Crippen LogP contribution is -2.46. The third kappa shape index (κ3) is 3.39. The monoisotopic (exact) mass is 345 g/mol. The van der Waals surface area contributed by atoms with Crippen molar-refractivity contribution in [2.75, 3.05) is 32.7 Å². The molecule has 0 saturated carbocycles. The summed E-state index contributed by atoms with van der Waals surface area (Å²) in [7, 11) is 0. The van der Waals surface area contributed by atoms with Gasteiger partial charge in [-0.25, -0.2) is 4.79 Å². The van der Waals surface area contributed by atoms with Gasteiger partial charge in [0.15, 0.2) is 0 Å². The quantitative estimate of drug-likeness (QED) is 0.911. The molecule has 2 saturated heterocycles. The molecule has 0 radical (unpaired) electrons. The van der Waals surface area contributed by atoms with Crippen molar-refractivity contribution in [3.63, 3.8) is 0 Å². The second-order valence-corrected chi connectivity index (χ2v) is 7.41. The SMILES string of the molecule is O=C1NCCN1C1CCN(CCC2=CSc3ccccc3O2)CC1. The molecule has 2 fully saturated rings. The fraction of sp³-hybridized carbons (Fsp3) is 0.500. The number of likely N-dealkylation sites (tertiary alicyclic amines) is 1. The van der Waals surface area contributed by atoms with Gasteiger partial charge in [-0.2, -0.15) is 0 Å². The summed E-state index contributed by atoms with van der Waals surface area (Å²) in [5.74, 6) is 2.03. The lowest BCUT2D eigenvalue weighted by molar-refractivity contribution is 0.135. The van der Waals surface area contributed by atoms with Crippen molar-refractivity contribution in [2.24, 2.45) is 0 Å². The van der Waals surface area contributed by atoms with Crippen LogP contribution in [-0.4, -0.2) is 54.6 Å². The molecule has 6 heteroatoms. The number of hydrogen-bond donors (Lipinski definition) is 1. The van der Waals surface area contributed by atoms with Gasteiger partial charge in [0.25, 0.3) is 0 Å². The summed E-state index contributed by atoms with van der Waals surface area (Å²) < 4.78 is 5.99. The molecule has 1 aromatic carbocycles. The lowest BCUT2D eigenvalue weighted by Gasteiger charge is -2.36. The maximum absolute atomic E-state index is 11.8. The minimum atomic E-state index is 0.116. The Labute approximate surface area is 147 Å². The van der Waals surface area contributed by atoms with E-state index in [0.29, 0.717) is 6.04 Å². The molecule has 3 aliphatic rings. The number of carbonyl (C=O) groups excluding carboxylic acids is 1. The summed E-state index contributed by atoms with van der Waals surface area (Å²) in [6.45, 7) is 4.80. The predicted octanol–water partition coefficient (Wildman–Crippen LogP) is 2.89. The van der Waals surface area contributed by atoms with E-state index in [-0.39, 0.29) is 6.03 Å². The molecule has 0 aliphatic carbocycles. The first kappa shape index (κ1) is 15.8. The van der Waals surface area contributed by atoms with Crippen LogP contribution < -0.4 is 10.1 Å². The van der Waals surface area contributed by atoms with Crippen LogP contribution in [0.1, 0.15) is 19.3 Å².